The number of carbonyl (C=O) groups is 2. The molecule has 3 rings (SSSR count). The minimum atomic E-state index is -0.432. The van der Waals surface area contributed by atoms with Crippen molar-refractivity contribution in [3.8, 4) is 11.5 Å². The zero-order valence-electron chi connectivity index (χ0n) is 13.3. The van der Waals surface area contributed by atoms with Gasteiger partial charge in [-0.15, -0.1) is 0 Å². The number of nitrogens with one attached hydrogen (secondary N) is 2. The maximum absolute atomic E-state index is 11.8. The Bertz CT molecular complexity index is 761. The van der Waals surface area contributed by atoms with Crippen LogP contribution in [0.15, 0.2) is 34.9 Å². The second-order valence-electron chi connectivity index (χ2n) is 5.36. The molecule has 0 spiro atoms. The number of carbonyl (C=O) groups excluding carboxylic acids is 2. The van der Waals surface area contributed by atoms with Crippen molar-refractivity contribution < 1.29 is 23.5 Å². The van der Waals surface area contributed by atoms with Crippen LogP contribution in [0.2, 0.25) is 5.02 Å². The van der Waals surface area contributed by atoms with E-state index in [1.807, 2.05) is 6.07 Å². The van der Waals surface area contributed by atoms with Crippen LogP contribution in [-0.4, -0.2) is 38.1 Å². The van der Waals surface area contributed by atoms with Crippen molar-refractivity contribution in [2.45, 2.75) is 6.42 Å². The largest absolute Gasteiger partial charge is 0.486 e. The molecular weight excluding hydrogens is 348 g/mol. The molecule has 0 atom stereocenters. The number of halogens is 1. The fourth-order valence-electron chi connectivity index (χ4n) is 2.37. The average Bonchev–Trinajstić information content (AvgIpc) is 3.14. The lowest BCUT2D eigenvalue weighted by Crippen LogP contribution is -2.37. The summed E-state index contributed by atoms with van der Waals surface area (Å²) in [5, 5.41) is 5.70. The Morgan fingerprint density at radius 1 is 1.16 bits per heavy atom. The Hall–Kier alpha value is -2.67. The van der Waals surface area contributed by atoms with E-state index in [2.05, 4.69) is 10.6 Å². The van der Waals surface area contributed by atoms with Crippen molar-refractivity contribution in [1.29, 1.82) is 0 Å². The number of fused-ring (bicyclic) bond motifs is 1. The number of benzene rings is 1. The van der Waals surface area contributed by atoms with E-state index in [0.29, 0.717) is 42.7 Å². The van der Waals surface area contributed by atoms with Crippen LogP contribution in [0.3, 0.4) is 0 Å². The van der Waals surface area contributed by atoms with Gasteiger partial charge in [-0.2, -0.15) is 0 Å². The second-order valence-corrected chi connectivity index (χ2v) is 5.77. The van der Waals surface area contributed by atoms with Crippen molar-refractivity contribution in [3.63, 3.8) is 0 Å². The van der Waals surface area contributed by atoms with Gasteiger partial charge in [-0.25, -0.2) is 0 Å². The van der Waals surface area contributed by atoms with Gasteiger partial charge in [-0.1, -0.05) is 11.6 Å². The third-order valence-electron chi connectivity index (χ3n) is 3.55. The minimum Gasteiger partial charge on any atom is -0.486 e. The first kappa shape index (κ1) is 17.2. The summed E-state index contributed by atoms with van der Waals surface area (Å²) < 4.78 is 15.9. The highest BCUT2D eigenvalue weighted by molar-refractivity contribution is 6.32. The second kappa shape index (κ2) is 7.94. The van der Waals surface area contributed by atoms with Gasteiger partial charge in [0.25, 0.3) is 5.91 Å². The smallest absolute Gasteiger partial charge is 0.287 e. The SMILES string of the molecule is O=C(CNC(=O)c1ccco1)NCCc1cc(Cl)c2c(c1)OCCO2. The quantitative estimate of drug-likeness (QED) is 0.815. The summed E-state index contributed by atoms with van der Waals surface area (Å²) in [6, 6.07) is 6.78. The van der Waals surface area contributed by atoms with Crippen LogP contribution >= 0.6 is 11.6 Å². The van der Waals surface area contributed by atoms with Gasteiger partial charge in [0.2, 0.25) is 5.91 Å². The molecule has 0 saturated heterocycles. The number of hydrogen-bond acceptors (Lipinski definition) is 5. The molecule has 7 nitrogen and oxygen atoms in total. The first-order valence-corrected chi connectivity index (χ1v) is 8.17. The molecule has 1 aromatic heterocycles. The number of amides is 2. The van der Waals surface area contributed by atoms with Crippen molar-refractivity contribution in [3.05, 3.63) is 46.9 Å². The molecule has 0 saturated carbocycles. The van der Waals surface area contributed by atoms with E-state index in [1.54, 1.807) is 12.1 Å². The molecule has 2 aromatic rings. The Kier molecular flexibility index (Phi) is 5.45. The summed E-state index contributed by atoms with van der Waals surface area (Å²) in [5.41, 5.74) is 0.925. The summed E-state index contributed by atoms with van der Waals surface area (Å²) in [4.78, 5) is 23.4. The van der Waals surface area contributed by atoms with E-state index >= 15 is 0 Å². The van der Waals surface area contributed by atoms with Gasteiger partial charge in [0.1, 0.15) is 13.2 Å². The molecule has 2 heterocycles. The lowest BCUT2D eigenvalue weighted by molar-refractivity contribution is -0.120. The molecule has 8 heteroatoms. The molecule has 1 aliphatic rings. The topological polar surface area (TPSA) is 89.8 Å². The number of ether oxygens (including phenoxy) is 2. The average molecular weight is 365 g/mol. The van der Waals surface area contributed by atoms with Gasteiger partial charge in [0, 0.05) is 6.54 Å². The lowest BCUT2D eigenvalue weighted by Gasteiger charge is -2.20. The molecule has 0 aliphatic carbocycles. The number of hydrogen-bond donors (Lipinski definition) is 2. The molecular formula is C17H17ClN2O5. The summed E-state index contributed by atoms with van der Waals surface area (Å²) in [6.07, 6.45) is 1.97. The van der Waals surface area contributed by atoms with E-state index in [4.69, 9.17) is 25.5 Å². The zero-order chi connectivity index (χ0) is 17.6. The van der Waals surface area contributed by atoms with Crippen LogP contribution in [0.5, 0.6) is 11.5 Å². The Labute approximate surface area is 149 Å². The Balaban J connectivity index is 1.44. The number of rotatable bonds is 6. The van der Waals surface area contributed by atoms with Gasteiger partial charge in [0.05, 0.1) is 17.8 Å². The molecule has 2 N–H and O–H groups in total. The van der Waals surface area contributed by atoms with E-state index in [-0.39, 0.29) is 18.2 Å². The third kappa shape index (κ3) is 4.45. The van der Waals surface area contributed by atoms with Gasteiger partial charge in [-0.3, -0.25) is 9.59 Å². The summed E-state index contributed by atoms with van der Waals surface area (Å²) in [6.45, 7) is 1.25. The molecule has 1 aromatic carbocycles. The third-order valence-corrected chi connectivity index (χ3v) is 3.83. The van der Waals surface area contributed by atoms with Crippen molar-refractivity contribution in [1.82, 2.24) is 10.6 Å². The maximum atomic E-state index is 11.8. The Morgan fingerprint density at radius 2 is 2.00 bits per heavy atom. The zero-order valence-corrected chi connectivity index (χ0v) is 14.1. The van der Waals surface area contributed by atoms with E-state index in [1.165, 1.54) is 12.3 Å². The van der Waals surface area contributed by atoms with Crippen molar-refractivity contribution in [2.75, 3.05) is 26.3 Å². The molecule has 2 amide bonds. The van der Waals surface area contributed by atoms with Crippen molar-refractivity contribution >= 4 is 23.4 Å². The van der Waals surface area contributed by atoms with Crippen LogP contribution in [0.4, 0.5) is 0 Å². The standard InChI is InChI=1S/C17H17ClN2O5/c18-12-8-11(9-14-16(12)25-7-6-24-14)3-4-19-15(21)10-20-17(22)13-2-1-5-23-13/h1-2,5,8-9H,3-4,6-7,10H2,(H,19,21)(H,20,22). The van der Waals surface area contributed by atoms with Gasteiger partial charge in [0.15, 0.2) is 17.3 Å². The summed E-state index contributed by atoms with van der Waals surface area (Å²) in [5.74, 6) is 0.619. The van der Waals surface area contributed by atoms with Crippen molar-refractivity contribution in [2.24, 2.45) is 0 Å². The first-order valence-electron chi connectivity index (χ1n) is 7.80. The molecule has 0 bridgehead atoms. The lowest BCUT2D eigenvalue weighted by atomic mass is 10.1. The first-order chi connectivity index (χ1) is 12.1. The van der Waals surface area contributed by atoms with Gasteiger partial charge < -0.3 is 24.5 Å². The molecule has 132 valence electrons. The highest BCUT2D eigenvalue weighted by Gasteiger charge is 2.16. The van der Waals surface area contributed by atoms with E-state index in [9.17, 15) is 9.59 Å². The van der Waals surface area contributed by atoms with Crippen LogP contribution in [-0.2, 0) is 11.2 Å². The molecule has 0 radical (unpaired) electrons. The molecule has 1 aliphatic heterocycles. The predicted octanol–water partition coefficient (Wildman–Crippen LogP) is 1.79. The van der Waals surface area contributed by atoms with Crippen LogP contribution < -0.4 is 20.1 Å². The summed E-state index contributed by atoms with van der Waals surface area (Å²) in [7, 11) is 0. The highest BCUT2D eigenvalue weighted by Crippen LogP contribution is 2.38. The Morgan fingerprint density at radius 3 is 2.80 bits per heavy atom. The minimum absolute atomic E-state index is 0.124. The fraction of sp³-hybridized carbons (Fsp3) is 0.294. The van der Waals surface area contributed by atoms with Crippen LogP contribution in [0, 0.1) is 0 Å². The molecule has 0 unspecified atom stereocenters. The van der Waals surface area contributed by atoms with Gasteiger partial charge in [-0.05, 0) is 36.2 Å². The molecule has 0 fully saturated rings. The molecule has 25 heavy (non-hydrogen) atoms. The number of furan rings is 1. The fourth-order valence-corrected chi connectivity index (χ4v) is 2.66. The maximum Gasteiger partial charge on any atom is 0.287 e. The highest BCUT2D eigenvalue weighted by atomic mass is 35.5. The van der Waals surface area contributed by atoms with Crippen LogP contribution in [0.1, 0.15) is 16.1 Å². The van der Waals surface area contributed by atoms with Crippen LogP contribution in [0.25, 0.3) is 0 Å². The van der Waals surface area contributed by atoms with E-state index < -0.39 is 5.91 Å². The normalized spacial score (nSPS) is 12.5. The summed E-state index contributed by atoms with van der Waals surface area (Å²) >= 11 is 6.17. The van der Waals surface area contributed by atoms with E-state index in [0.717, 1.165) is 5.56 Å². The predicted molar refractivity (Wildman–Crippen MR) is 90.2 cm³/mol. The van der Waals surface area contributed by atoms with Gasteiger partial charge >= 0.3 is 0 Å². The monoisotopic (exact) mass is 364 g/mol.